The third kappa shape index (κ3) is 3.17. The summed E-state index contributed by atoms with van der Waals surface area (Å²) in [7, 11) is 0. The van der Waals surface area contributed by atoms with Crippen molar-refractivity contribution in [2.24, 2.45) is 0 Å². The zero-order valence-electron chi connectivity index (χ0n) is 11.5. The maximum Gasteiger partial charge on any atom is 0.193 e. The molecule has 0 aliphatic rings. The first-order valence-electron chi connectivity index (χ1n) is 6.76. The lowest BCUT2D eigenvalue weighted by atomic mass is 10.0. The summed E-state index contributed by atoms with van der Waals surface area (Å²) in [6.07, 6.45) is 4.75. The van der Waals surface area contributed by atoms with E-state index in [0.29, 0.717) is 0 Å². The lowest BCUT2D eigenvalue weighted by Gasteiger charge is -2.19. The molecule has 1 aromatic carbocycles. The second-order valence-electron chi connectivity index (χ2n) is 4.81. The average Bonchev–Trinajstić information content (AvgIpc) is 3.02. The van der Waals surface area contributed by atoms with Crippen molar-refractivity contribution in [3.63, 3.8) is 0 Å². The van der Waals surface area contributed by atoms with Gasteiger partial charge in [0.2, 0.25) is 0 Å². The third-order valence-corrected chi connectivity index (χ3v) is 4.83. The fourth-order valence-electron chi connectivity index (χ4n) is 2.40. The van der Waals surface area contributed by atoms with E-state index in [1.54, 1.807) is 23.5 Å². The smallest absolute Gasteiger partial charge is 0.193 e. The number of hydrogen-bond donors (Lipinski definition) is 1. The van der Waals surface area contributed by atoms with Crippen LogP contribution in [-0.4, -0.2) is 15.9 Å². The van der Waals surface area contributed by atoms with E-state index in [1.807, 2.05) is 29.1 Å². The van der Waals surface area contributed by atoms with Crippen LogP contribution in [0.15, 0.2) is 40.4 Å². The topological polar surface area (TPSA) is 29.3 Å². The highest BCUT2D eigenvalue weighted by molar-refractivity contribution is 9.10. The molecule has 2 heterocycles. The zero-order valence-corrected chi connectivity index (χ0v) is 13.9. The van der Waals surface area contributed by atoms with Gasteiger partial charge in [-0.05, 0) is 30.3 Å². The zero-order chi connectivity index (χ0) is 14.8. The highest BCUT2D eigenvalue weighted by Gasteiger charge is 2.17. The molecule has 0 fully saturated rings. The number of thiazole rings is 1. The van der Waals surface area contributed by atoms with E-state index in [4.69, 9.17) is 0 Å². The molecule has 0 aliphatic carbocycles. The van der Waals surface area contributed by atoms with Crippen molar-refractivity contribution in [2.45, 2.75) is 19.4 Å². The molecule has 0 amide bonds. The Hall–Kier alpha value is -1.24. The van der Waals surface area contributed by atoms with E-state index in [1.165, 1.54) is 6.07 Å². The van der Waals surface area contributed by atoms with Crippen LogP contribution < -0.4 is 5.32 Å². The number of imidazole rings is 1. The lowest BCUT2D eigenvalue weighted by Crippen LogP contribution is -2.23. The predicted molar refractivity (Wildman–Crippen MR) is 87.3 cm³/mol. The molecule has 3 nitrogen and oxygen atoms in total. The minimum Gasteiger partial charge on any atom is -0.310 e. The minimum atomic E-state index is -0.220. The summed E-state index contributed by atoms with van der Waals surface area (Å²) in [5.74, 6) is -0.220. The Bertz CT molecular complexity index is 724. The van der Waals surface area contributed by atoms with Crippen LogP contribution in [0.25, 0.3) is 4.96 Å². The van der Waals surface area contributed by atoms with Gasteiger partial charge in [0.1, 0.15) is 5.82 Å². The van der Waals surface area contributed by atoms with Gasteiger partial charge in [-0.15, -0.1) is 11.3 Å². The molecule has 0 radical (unpaired) electrons. The van der Waals surface area contributed by atoms with Gasteiger partial charge < -0.3 is 5.32 Å². The third-order valence-electron chi connectivity index (χ3n) is 3.34. The Balaban J connectivity index is 1.90. The maximum absolute atomic E-state index is 13.5. The van der Waals surface area contributed by atoms with Crippen LogP contribution in [-0.2, 0) is 6.42 Å². The monoisotopic (exact) mass is 367 g/mol. The van der Waals surface area contributed by atoms with Crippen molar-refractivity contribution in [3.05, 3.63) is 57.5 Å². The molecule has 1 atom stereocenters. The first kappa shape index (κ1) is 14.7. The van der Waals surface area contributed by atoms with Gasteiger partial charge in [0.25, 0.3) is 0 Å². The predicted octanol–water partition coefficient (Wildman–Crippen LogP) is 4.19. The molecule has 21 heavy (non-hydrogen) atoms. The summed E-state index contributed by atoms with van der Waals surface area (Å²) in [5, 5.41) is 5.42. The number of nitrogens with one attached hydrogen (secondary N) is 1. The summed E-state index contributed by atoms with van der Waals surface area (Å²) >= 11 is 5.12. The Morgan fingerprint density at radius 2 is 2.33 bits per heavy atom. The SMILES string of the molecule is CCNC(Cc1cn2ccsc2n1)c1cc(F)ccc1Br. The fourth-order valence-corrected chi connectivity index (χ4v) is 3.65. The van der Waals surface area contributed by atoms with Gasteiger partial charge in [-0.3, -0.25) is 4.40 Å². The minimum absolute atomic E-state index is 0.0321. The van der Waals surface area contributed by atoms with E-state index in [9.17, 15) is 4.39 Å². The molecule has 2 aromatic heterocycles. The highest BCUT2D eigenvalue weighted by atomic mass is 79.9. The van der Waals surface area contributed by atoms with Crippen LogP contribution in [0.5, 0.6) is 0 Å². The molecule has 110 valence electrons. The van der Waals surface area contributed by atoms with Crippen LogP contribution in [0.2, 0.25) is 0 Å². The molecular weight excluding hydrogens is 353 g/mol. The molecule has 0 saturated carbocycles. The number of halogens is 2. The number of benzene rings is 1. The van der Waals surface area contributed by atoms with Crippen molar-refractivity contribution in [2.75, 3.05) is 6.54 Å². The second-order valence-corrected chi connectivity index (χ2v) is 6.53. The Labute approximate surface area is 135 Å². The maximum atomic E-state index is 13.5. The first-order chi connectivity index (χ1) is 10.2. The second kappa shape index (κ2) is 6.25. The fraction of sp³-hybridized carbons (Fsp3) is 0.267. The Morgan fingerprint density at radius 3 is 3.10 bits per heavy atom. The first-order valence-corrected chi connectivity index (χ1v) is 8.44. The molecule has 0 aliphatic heterocycles. The summed E-state index contributed by atoms with van der Waals surface area (Å²) in [6.45, 7) is 2.86. The van der Waals surface area contributed by atoms with Crippen molar-refractivity contribution < 1.29 is 4.39 Å². The molecule has 1 unspecified atom stereocenters. The van der Waals surface area contributed by atoms with Crippen LogP contribution in [0.3, 0.4) is 0 Å². The quantitative estimate of drug-likeness (QED) is 0.732. The average molecular weight is 368 g/mol. The number of likely N-dealkylation sites (N-methyl/N-ethyl adjacent to an activating group) is 1. The van der Waals surface area contributed by atoms with E-state index >= 15 is 0 Å². The van der Waals surface area contributed by atoms with E-state index in [-0.39, 0.29) is 11.9 Å². The number of rotatable bonds is 5. The molecule has 1 N–H and O–H groups in total. The number of fused-ring (bicyclic) bond motifs is 1. The van der Waals surface area contributed by atoms with Gasteiger partial charge in [-0.25, -0.2) is 9.37 Å². The number of hydrogen-bond acceptors (Lipinski definition) is 3. The van der Waals surface area contributed by atoms with Gasteiger partial charge >= 0.3 is 0 Å². The molecule has 0 spiro atoms. The highest BCUT2D eigenvalue weighted by Crippen LogP contribution is 2.27. The number of aromatic nitrogens is 2. The summed E-state index contributed by atoms with van der Waals surface area (Å²) in [5.41, 5.74) is 1.93. The summed E-state index contributed by atoms with van der Waals surface area (Å²) in [4.78, 5) is 5.59. The van der Waals surface area contributed by atoms with E-state index in [0.717, 1.165) is 33.7 Å². The number of nitrogens with zero attached hydrogens (tertiary/aromatic N) is 2. The Kier molecular flexibility index (Phi) is 4.37. The Morgan fingerprint density at radius 1 is 1.48 bits per heavy atom. The molecular formula is C15H15BrFN3S. The van der Waals surface area contributed by atoms with Crippen LogP contribution in [0.4, 0.5) is 4.39 Å². The largest absolute Gasteiger partial charge is 0.310 e. The van der Waals surface area contributed by atoms with Crippen molar-refractivity contribution in [1.82, 2.24) is 14.7 Å². The van der Waals surface area contributed by atoms with Crippen LogP contribution >= 0.6 is 27.3 Å². The van der Waals surface area contributed by atoms with Gasteiger partial charge in [0, 0.05) is 34.7 Å². The van der Waals surface area contributed by atoms with Gasteiger partial charge in [0.15, 0.2) is 4.96 Å². The van der Waals surface area contributed by atoms with E-state index in [2.05, 4.69) is 26.2 Å². The van der Waals surface area contributed by atoms with Gasteiger partial charge in [0.05, 0.1) is 5.69 Å². The standard InChI is InChI=1S/C15H15BrFN3S/c1-2-18-14(12-7-10(17)3-4-13(12)16)8-11-9-20-5-6-21-15(20)19-11/h3-7,9,14,18H,2,8H2,1H3. The molecule has 3 aromatic rings. The van der Waals surface area contributed by atoms with Crippen molar-refractivity contribution in [1.29, 1.82) is 0 Å². The summed E-state index contributed by atoms with van der Waals surface area (Å²) < 4.78 is 16.5. The molecule has 0 bridgehead atoms. The van der Waals surface area contributed by atoms with Crippen molar-refractivity contribution in [3.8, 4) is 0 Å². The van der Waals surface area contributed by atoms with Gasteiger partial charge in [-0.2, -0.15) is 0 Å². The molecule has 0 saturated heterocycles. The van der Waals surface area contributed by atoms with Crippen molar-refractivity contribution >= 4 is 32.2 Å². The van der Waals surface area contributed by atoms with E-state index < -0.39 is 0 Å². The lowest BCUT2D eigenvalue weighted by molar-refractivity contribution is 0.536. The van der Waals surface area contributed by atoms with Crippen LogP contribution in [0, 0.1) is 5.82 Å². The molecule has 3 rings (SSSR count). The van der Waals surface area contributed by atoms with Gasteiger partial charge in [-0.1, -0.05) is 22.9 Å². The molecule has 6 heteroatoms. The van der Waals surface area contributed by atoms with Crippen LogP contribution in [0.1, 0.15) is 24.2 Å². The normalized spacial score (nSPS) is 12.9. The summed E-state index contributed by atoms with van der Waals surface area (Å²) in [6, 6.07) is 4.82.